The number of nitrogens with one attached hydrogen (secondary N) is 1. The lowest BCUT2D eigenvalue weighted by Gasteiger charge is -2.04. The summed E-state index contributed by atoms with van der Waals surface area (Å²) in [6.07, 6.45) is 2.16. The van der Waals surface area contributed by atoms with Gasteiger partial charge < -0.3 is 14.8 Å². The van der Waals surface area contributed by atoms with Gasteiger partial charge in [0.05, 0.1) is 5.56 Å². The van der Waals surface area contributed by atoms with E-state index in [0.29, 0.717) is 18.7 Å². The third-order valence-corrected chi connectivity index (χ3v) is 3.70. The van der Waals surface area contributed by atoms with E-state index in [4.69, 9.17) is 9.52 Å². The molecule has 0 saturated heterocycles. The molecule has 5 heteroatoms. The first-order valence-electron chi connectivity index (χ1n) is 7.77. The van der Waals surface area contributed by atoms with Crippen molar-refractivity contribution >= 4 is 11.9 Å². The number of carboxylic acid groups (broad SMARTS) is 1. The molecule has 2 aromatic rings. The fourth-order valence-electron chi connectivity index (χ4n) is 2.44. The molecule has 1 aromatic heterocycles. The minimum Gasteiger partial charge on any atom is -0.478 e. The molecule has 0 aliphatic carbocycles. The van der Waals surface area contributed by atoms with Gasteiger partial charge in [0.2, 0.25) is 0 Å². The number of hydrogen-bond acceptors (Lipinski definition) is 3. The second-order valence-electron chi connectivity index (χ2n) is 5.28. The minimum absolute atomic E-state index is 0.242. The average Bonchev–Trinajstić information content (AvgIpc) is 2.98. The lowest BCUT2D eigenvalue weighted by atomic mass is 10.1. The Bertz CT molecular complexity index is 681. The highest BCUT2D eigenvalue weighted by atomic mass is 16.4. The van der Waals surface area contributed by atoms with Crippen LogP contribution in [0.15, 0.2) is 34.7 Å². The highest BCUT2D eigenvalue weighted by Gasteiger charge is 2.14. The molecule has 0 radical (unpaired) electrons. The summed E-state index contributed by atoms with van der Waals surface area (Å²) in [5.41, 5.74) is 2.18. The number of carbonyl (C=O) groups is 2. The highest BCUT2D eigenvalue weighted by Crippen LogP contribution is 2.17. The Morgan fingerprint density at radius 2 is 1.96 bits per heavy atom. The van der Waals surface area contributed by atoms with E-state index in [1.807, 2.05) is 19.9 Å². The van der Waals surface area contributed by atoms with Crippen molar-refractivity contribution in [2.45, 2.75) is 33.1 Å². The number of aromatic carboxylic acids is 1. The number of furan rings is 1. The summed E-state index contributed by atoms with van der Waals surface area (Å²) in [6.45, 7) is 4.45. The van der Waals surface area contributed by atoms with Crippen LogP contribution in [0.5, 0.6) is 0 Å². The average molecular weight is 315 g/mol. The molecule has 0 bridgehead atoms. The number of amides is 1. The molecule has 0 aliphatic heterocycles. The Morgan fingerprint density at radius 3 is 2.57 bits per heavy atom. The van der Waals surface area contributed by atoms with Gasteiger partial charge in [0.1, 0.15) is 5.76 Å². The van der Waals surface area contributed by atoms with E-state index in [1.54, 1.807) is 24.3 Å². The Balaban J connectivity index is 1.93. The van der Waals surface area contributed by atoms with E-state index in [2.05, 4.69) is 5.32 Å². The van der Waals surface area contributed by atoms with Crippen molar-refractivity contribution in [1.82, 2.24) is 5.32 Å². The number of benzene rings is 1. The first-order valence-corrected chi connectivity index (χ1v) is 7.77. The maximum absolute atomic E-state index is 12.1. The summed E-state index contributed by atoms with van der Waals surface area (Å²) in [4.78, 5) is 23.0. The molecule has 23 heavy (non-hydrogen) atoms. The van der Waals surface area contributed by atoms with E-state index in [-0.39, 0.29) is 11.5 Å². The predicted octanol–water partition coefficient (Wildman–Crippen LogP) is 3.08. The molecule has 1 amide bonds. The topological polar surface area (TPSA) is 79.5 Å². The number of carbonyl (C=O) groups excluding carboxylic acids is 1. The number of aryl methyl sites for hydroxylation is 2. The van der Waals surface area contributed by atoms with Crippen LogP contribution in [0.25, 0.3) is 0 Å². The summed E-state index contributed by atoms with van der Waals surface area (Å²) in [7, 11) is 0. The third-order valence-electron chi connectivity index (χ3n) is 3.70. The lowest BCUT2D eigenvalue weighted by Crippen LogP contribution is -2.25. The van der Waals surface area contributed by atoms with Crippen LogP contribution in [0.3, 0.4) is 0 Å². The van der Waals surface area contributed by atoms with Gasteiger partial charge in [-0.2, -0.15) is 0 Å². The van der Waals surface area contributed by atoms with Gasteiger partial charge in [-0.15, -0.1) is 0 Å². The van der Waals surface area contributed by atoms with Gasteiger partial charge in [-0.1, -0.05) is 26.0 Å². The Labute approximate surface area is 135 Å². The van der Waals surface area contributed by atoms with Crippen LogP contribution in [-0.2, 0) is 19.3 Å². The van der Waals surface area contributed by atoms with E-state index < -0.39 is 5.97 Å². The summed E-state index contributed by atoms with van der Waals surface area (Å²) >= 11 is 0. The summed E-state index contributed by atoms with van der Waals surface area (Å²) < 4.78 is 5.58. The van der Waals surface area contributed by atoms with E-state index >= 15 is 0 Å². The van der Waals surface area contributed by atoms with Crippen molar-refractivity contribution in [3.05, 3.63) is 58.5 Å². The molecule has 2 N–H and O–H groups in total. The maximum atomic E-state index is 12.1. The van der Waals surface area contributed by atoms with Gasteiger partial charge in [0.25, 0.3) is 5.91 Å². The second kappa shape index (κ2) is 7.63. The second-order valence-corrected chi connectivity index (χ2v) is 5.28. The zero-order valence-electron chi connectivity index (χ0n) is 13.4. The van der Waals surface area contributed by atoms with Crippen molar-refractivity contribution in [2.75, 3.05) is 6.54 Å². The van der Waals surface area contributed by atoms with Crippen molar-refractivity contribution < 1.29 is 19.1 Å². The first-order chi connectivity index (χ1) is 11.0. The lowest BCUT2D eigenvalue weighted by molar-refractivity contribution is 0.0696. The Morgan fingerprint density at radius 1 is 1.17 bits per heavy atom. The molecule has 0 spiro atoms. The normalized spacial score (nSPS) is 10.5. The highest BCUT2D eigenvalue weighted by molar-refractivity contribution is 5.91. The number of rotatable bonds is 7. The van der Waals surface area contributed by atoms with Crippen molar-refractivity contribution in [1.29, 1.82) is 0 Å². The fourth-order valence-corrected chi connectivity index (χ4v) is 2.44. The van der Waals surface area contributed by atoms with Crippen LogP contribution in [-0.4, -0.2) is 23.5 Å². The van der Waals surface area contributed by atoms with E-state index in [9.17, 15) is 9.59 Å². The summed E-state index contributed by atoms with van der Waals surface area (Å²) in [5.74, 6) is -0.00996. The molecule has 5 nitrogen and oxygen atoms in total. The van der Waals surface area contributed by atoms with Gasteiger partial charge in [0, 0.05) is 13.0 Å². The fraction of sp³-hybridized carbons (Fsp3) is 0.333. The van der Waals surface area contributed by atoms with Crippen LogP contribution < -0.4 is 5.32 Å². The van der Waals surface area contributed by atoms with Crippen LogP contribution in [0.2, 0.25) is 0 Å². The maximum Gasteiger partial charge on any atom is 0.335 e. The molecule has 0 atom stereocenters. The van der Waals surface area contributed by atoms with Crippen LogP contribution in [0, 0.1) is 0 Å². The molecule has 1 heterocycles. The zero-order valence-corrected chi connectivity index (χ0v) is 13.4. The number of carboxylic acids is 1. The van der Waals surface area contributed by atoms with Gasteiger partial charge >= 0.3 is 5.97 Å². The predicted molar refractivity (Wildman–Crippen MR) is 86.9 cm³/mol. The van der Waals surface area contributed by atoms with E-state index in [1.165, 1.54) is 0 Å². The molecular weight excluding hydrogens is 294 g/mol. The number of hydrogen-bond donors (Lipinski definition) is 2. The Kier molecular flexibility index (Phi) is 5.57. The van der Waals surface area contributed by atoms with Crippen LogP contribution in [0.4, 0.5) is 0 Å². The SMILES string of the molecule is CCc1cc(C(=O)NCCc2cccc(C(=O)O)c2)oc1CC. The first kappa shape index (κ1) is 16.8. The summed E-state index contributed by atoms with van der Waals surface area (Å²) in [6, 6.07) is 8.50. The minimum atomic E-state index is -0.953. The smallest absolute Gasteiger partial charge is 0.335 e. The monoisotopic (exact) mass is 315 g/mol. The molecular formula is C18H21NO4. The zero-order chi connectivity index (χ0) is 16.8. The molecule has 0 aliphatic rings. The third kappa shape index (κ3) is 4.22. The quantitative estimate of drug-likeness (QED) is 0.823. The molecule has 0 fully saturated rings. The van der Waals surface area contributed by atoms with Crippen LogP contribution in [0.1, 0.15) is 51.6 Å². The largest absolute Gasteiger partial charge is 0.478 e. The van der Waals surface area contributed by atoms with Crippen molar-refractivity contribution in [2.24, 2.45) is 0 Å². The molecule has 0 unspecified atom stereocenters. The van der Waals surface area contributed by atoms with Crippen molar-refractivity contribution in [3.63, 3.8) is 0 Å². The Hall–Kier alpha value is -2.56. The van der Waals surface area contributed by atoms with E-state index in [0.717, 1.165) is 29.7 Å². The molecule has 0 saturated carbocycles. The molecule has 122 valence electrons. The van der Waals surface area contributed by atoms with Gasteiger partial charge in [-0.25, -0.2) is 4.79 Å². The van der Waals surface area contributed by atoms with Gasteiger partial charge in [-0.3, -0.25) is 4.79 Å². The summed E-state index contributed by atoms with van der Waals surface area (Å²) in [5, 5.41) is 11.8. The standard InChI is InChI=1S/C18H21NO4/c1-3-13-11-16(23-15(13)4-2)17(20)19-9-8-12-6-5-7-14(10-12)18(21)22/h5-7,10-11H,3-4,8-9H2,1-2H3,(H,19,20)(H,21,22). The van der Waals surface area contributed by atoms with Crippen LogP contribution >= 0.6 is 0 Å². The molecule has 1 aromatic carbocycles. The van der Waals surface area contributed by atoms with Gasteiger partial charge in [0.15, 0.2) is 5.76 Å². The van der Waals surface area contributed by atoms with Crippen molar-refractivity contribution in [3.8, 4) is 0 Å². The van der Waals surface area contributed by atoms with Gasteiger partial charge in [-0.05, 0) is 42.2 Å². The molecule has 2 rings (SSSR count).